The van der Waals surface area contributed by atoms with Gasteiger partial charge in [-0.05, 0) is 32.4 Å². The smallest absolute Gasteiger partial charge is 0.411 e. The van der Waals surface area contributed by atoms with Crippen molar-refractivity contribution in [2.24, 2.45) is 0 Å². The van der Waals surface area contributed by atoms with E-state index in [4.69, 9.17) is 9.47 Å². The van der Waals surface area contributed by atoms with Gasteiger partial charge in [-0.3, -0.25) is 10.2 Å². The normalized spacial score (nSPS) is 14.2. The molecule has 0 spiro atoms. The number of amides is 2. The predicted molar refractivity (Wildman–Crippen MR) is 85.7 cm³/mol. The topological polar surface area (TPSA) is 67.9 Å². The van der Waals surface area contributed by atoms with E-state index in [1.165, 1.54) is 4.90 Å². The average Bonchev–Trinajstić information content (AvgIpc) is 2.93. The molecule has 1 aliphatic heterocycles. The number of carbonyl (C=O) groups excluding carboxylic acids is 2. The van der Waals surface area contributed by atoms with E-state index in [0.29, 0.717) is 18.8 Å². The highest BCUT2D eigenvalue weighted by atomic mass is 16.6. The van der Waals surface area contributed by atoms with Crippen molar-refractivity contribution in [3.8, 4) is 0 Å². The van der Waals surface area contributed by atoms with Crippen molar-refractivity contribution >= 4 is 12.2 Å². The van der Waals surface area contributed by atoms with Gasteiger partial charge >= 0.3 is 12.2 Å². The first-order chi connectivity index (χ1) is 10.8. The van der Waals surface area contributed by atoms with Crippen LogP contribution in [0.4, 0.5) is 9.59 Å². The highest BCUT2D eigenvalue weighted by Gasteiger charge is 2.26. The zero-order valence-electron chi connectivity index (χ0n) is 13.7. The Morgan fingerprint density at radius 1 is 1.22 bits per heavy atom. The molecule has 0 aromatic heterocycles. The Kier molecular flexibility index (Phi) is 5.26. The van der Waals surface area contributed by atoms with Gasteiger partial charge in [0.05, 0.1) is 6.54 Å². The van der Waals surface area contributed by atoms with Crippen molar-refractivity contribution in [3.05, 3.63) is 47.7 Å². The lowest BCUT2D eigenvalue weighted by atomic mass is 10.2. The lowest BCUT2D eigenvalue weighted by Gasteiger charge is -2.24. The molecular weight excluding hydrogens is 296 g/mol. The Bertz CT molecular complexity index is 590. The van der Waals surface area contributed by atoms with Crippen LogP contribution in [0.2, 0.25) is 0 Å². The lowest BCUT2D eigenvalue weighted by Crippen LogP contribution is -2.37. The number of hydrogen-bond acceptors (Lipinski definition) is 4. The number of benzene rings is 1. The zero-order valence-corrected chi connectivity index (χ0v) is 13.7. The largest absolute Gasteiger partial charge is 0.444 e. The van der Waals surface area contributed by atoms with Crippen LogP contribution in [0.5, 0.6) is 0 Å². The molecule has 6 nitrogen and oxygen atoms in total. The van der Waals surface area contributed by atoms with Gasteiger partial charge in [0.1, 0.15) is 12.2 Å². The van der Waals surface area contributed by atoms with Gasteiger partial charge in [-0.2, -0.15) is 0 Å². The van der Waals surface area contributed by atoms with E-state index in [9.17, 15) is 9.59 Å². The molecule has 0 saturated carbocycles. The fraction of sp³-hybridized carbons (Fsp3) is 0.412. The second-order valence-electron chi connectivity index (χ2n) is 6.28. The fourth-order valence-corrected chi connectivity index (χ4v) is 2.00. The maximum absolute atomic E-state index is 11.9. The Hall–Kier alpha value is -2.50. The minimum absolute atomic E-state index is 0.204. The first kappa shape index (κ1) is 16.9. The Balaban J connectivity index is 1.74. The molecule has 0 unspecified atom stereocenters. The molecule has 1 heterocycles. The van der Waals surface area contributed by atoms with Gasteiger partial charge in [0.15, 0.2) is 0 Å². The lowest BCUT2D eigenvalue weighted by molar-refractivity contribution is 0.0299. The summed E-state index contributed by atoms with van der Waals surface area (Å²) in [6, 6.07) is 9.43. The summed E-state index contributed by atoms with van der Waals surface area (Å²) in [6.45, 7) is 6.35. The zero-order chi connectivity index (χ0) is 16.9. The monoisotopic (exact) mass is 318 g/mol. The molecule has 0 fully saturated rings. The van der Waals surface area contributed by atoms with E-state index in [2.05, 4.69) is 5.32 Å². The van der Waals surface area contributed by atoms with Crippen molar-refractivity contribution in [3.63, 3.8) is 0 Å². The number of nitrogens with zero attached hydrogens (tertiary/aromatic N) is 1. The molecule has 1 aromatic carbocycles. The summed E-state index contributed by atoms with van der Waals surface area (Å²) in [7, 11) is 0. The predicted octanol–water partition coefficient (Wildman–Crippen LogP) is 3.05. The van der Waals surface area contributed by atoms with Crippen molar-refractivity contribution < 1.29 is 19.1 Å². The molecule has 1 aromatic rings. The molecule has 1 N–H and O–H groups in total. The molecule has 124 valence electrons. The van der Waals surface area contributed by atoms with E-state index < -0.39 is 17.8 Å². The molecule has 0 atom stereocenters. The Morgan fingerprint density at radius 2 is 1.91 bits per heavy atom. The van der Waals surface area contributed by atoms with Gasteiger partial charge in [-0.1, -0.05) is 30.3 Å². The molecule has 6 heteroatoms. The highest BCUT2D eigenvalue weighted by Crippen LogP contribution is 2.14. The fourth-order valence-electron chi connectivity index (χ4n) is 2.00. The van der Waals surface area contributed by atoms with Crippen LogP contribution in [0.3, 0.4) is 0 Å². The molecule has 0 radical (unpaired) electrons. The summed E-state index contributed by atoms with van der Waals surface area (Å²) in [5.74, 6) is 0. The van der Waals surface area contributed by atoms with Gasteiger partial charge in [-0.15, -0.1) is 0 Å². The van der Waals surface area contributed by atoms with Crippen LogP contribution in [0.15, 0.2) is 42.1 Å². The van der Waals surface area contributed by atoms with Gasteiger partial charge in [0.2, 0.25) is 0 Å². The number of hydrogen-bond donors (Lipinski definition) is 1. The SMILES string of the molecule is CC(C)(C)OC(=O)N1CC=C(NC(=O)OCc2ccccc2)C1. The standard InChI is InChI=1S/C17H22N2O4/c1-17(2,3)23-16(21)19-10-9-14(11-19)18-15(20)22-12-13-7-5-4-6-8-13/h4-9H,10-12H2,1-3H3,(H,18,20). The first-order valence-corrected chi connectivity index (χ1v) is 7.48. The molecule has 0 bridgehead atoms. The maximum Gasteiger partial charge on any atom is 0.411 e. The van der Waals surface area contributed by atoms with Crippen molar-refractivity contribution in [1.29, 1.82) is 0 Å². The number of alkyl carbamates (subject to hydrolysis) is 1. The Morgan fingerprint density at radius 3 is 2.57 bits per heavy atom. The summed E-state index contributed by atoms with van der Waals surface area (Å²) < 4.78 is 10.4. The molecule has 2 rings (SSSR count). The summed E-state index contributed by atoms with van der Waals surface area (Å²) >= 11 is 0. The van der Waals surface area contributed by atoms with Crippen molar-refractivity contribution in [2.75, 3.05) is 13.1 Å². The van der Waals surface area contributed by atoms with Gasteiger partial charge in [0, 0.05) is 12.2 Å². The van der Waals surface area contributed by atoms with Crippen LogP contribution in [-0.4, -0.2) is 35.8 Å². The molecule has 2 amide bonds. The third-order valence-electron chi connectivity index (χ3n) is 3.05. The van der Waals surface area contributed by atoms with E-state index in [1.54, 1.807) is 6.08 Å². The second kappa shape index (κ2) is 7.17. The number of nitrogens with one attached hydrogen (secondary N) is 1. The summed E-state index contributed by atoms with van der Waals surface area (Å²) in [4.78, 5) is 25.2. The van der Waals surface area contributed by atoms with Crippen LogP contribution < -0.4 is 5.32 Å². The van der Waals surface area contributed by atoms with Gasteiger partial charge in [0.25, 0.3) is 0 Å². The van der Waals surface area contributed by atoms with E-state index in [-0.39, 0.29) is 6.61 Å². The quantitative estimate of drug-likeness (QED) is 0.930. The van der Waals surface area contributed by atoms with Gasteiger partial charge < -0.3 is 9.47 Å². The third-order valence-corrected chi connectivity index (χ3v) is 3.05. The molecule has 1 aliphatic rings. The van der Waals surface area contributed by atoms with Crippen LogP contribution >= 0.6 is 0 Å². The molecular formula is C17H22N2O4. The molecule has 0 saturated heterocycles. The highest BCUT2D eigenvalue weighted by molar-refractivity contribution is 5.72. The van der Waals surface area contributed by atoms with Crippen molar-refractivity contribution in [2.45, 2.75) is 33.0 Å². The summed E-state index contributed by atoms with van der Waals surface area (Å²) in [5.41, 5.74) is 1.01. The average molecular weight is 318 g/mol. The van der Waals surface area contributed by atoms with E-state index in [0.717, 1.165) is 5.56 Å². The number of rotatable bonds is 3. The number of ether oxygens (including phenoxy) is 2. The second-order valence-corrected chi connectivity index (χ2v) is 6.28. The van der Waals surface area contributed by atoms with Crippen LogP contribution in [0.1, 0.15) is 26.3 Å². The van der Waals surface area contributed by atoms with Crippen LogP contribution in [0, 0.1) is 0 Å². The molecule has 23 heavy (non-hydrogen) atoms. The van der Waals surface area contributed by atoms with Crippen molar-refractivity contribution in [1.82, 2.24) is 10.2 Å². The minimum Gasteiger partial charge on any atom is -0.444 e. The first-order valence-electron chi connectivity index (χ1n) is 7.48. The molecule has 0 aliphatic carbocycles. The van der Waals surface area contributed by atoms with E-state index in [1.807, 2.05) is 51.1 Å². The van der Waals surface area contributed by atoms with Crippen LogP contribution in [-0.2, 0) is 16.1 Å². The minimum atomic E-state index is -0.540. The Labute approximate surface area is 136 Å². The maximum atomic E-state index is 11.9. The van der Waals surface area contributed by atoms with E-state index >= 15 is 0 Å². The van der Waals surface area contributed by atoms with Gasteiger partial charge in [-0.25, -0.2) is 9.59 Å². The number of carbonyl (C=O) groups is 2. The van der Waals surface area contributed by atoms with Crippen LogP contribution in [0.25, 0.3) is 0 Å². The summed E-state index contributed by atoms with van der Waals surface area (Å²) in [6.07, 6.45) is 0.836. The summed E-state index contributed by atoms with van der Waals surface area (Å²) in [5, 5.41) is 2.65. The third kappa shape index (κ3) is 5.65.